The van der Waals surface area contributed by atoms with Crippen LogP contribution in [0.5, 0.6) is 5.75 Å². The number of nitrogens with zero attached hydrogens (tertiary/aromatic N) is 2. The predicted molar refractivity (Wildman–Crippen MR) is 124 cm³/mol. The van der Waals surface area contributed by atoms with Crippen molar-refractivity contribution in [1.29, 1.82) is 0 Å². The first-order chi connectivity index (χ1) is 14.7. The number of carbonyl (C=O) groups excluding carboxylic acids is 1. The van der Waals surface area contributed by atoms with Crippen LogP contribution in [0.1, 0.15) is 75.6 Å². The molecule has 30 heavy (non-hydrogen) atoms. The number of hydrogen-bond donors (Lipinski definition) is 0. The van der Waals surface area contributed by atoms with Crippen LogP contribution in [-0.2, 0) is 0 Å². The van der Waals surface area contributed by atoms with E-state index in [1.54, 1.807) is 13.3 Å². The lowest BCUT2D eigenvalue weighted by molar-refractivity contribution is 0.0899. The maximum absolute atomic E-state index is 13.1. The Hall–Kier alpha value is -1.94. The van der Waals surface area contributed by atoms with Crippen molar-refractivity contribution in [2.75, 3.05) is 26.7 Å². The van der Waals surface area contributed by atoms with Gasteiger partial charge in [-0.1, -0.05) is 39.5 Å². The molecular formula is C26H38N2O2. The largest absolute Gasteiger partial charge is 0.497 e. The van der Waals surface area contributed by atoms with Gasteiger partial charge in [-0.05, 0) is 68.5 Å². The molecule has 0 aliphatic carbocycles. The highest BCUT2D eigenvalue weighted by atomic mass is 16.5. The number of ketones is 1. The highest BCUT2D eigenvalue weighted by molar-refractivity contribution is 6.07. The van der Waals surface area contributed by atoms with E-state index in [9.17, 15) is 4.79 Å². The van der Waals surface area contributed by atoms with Gasteiger partial charge in [-0.25, -0.2) is 0 Å². The fourth-order valence-electron chi connectivity index (χ4n) is 4.91. The van der Waals surface area contributed by atoms with Gasteiger partial charge in [-0.3, -0.25) is 9.78 Å². The van der Waals surface area contributed by atoms with Crippen LogP contribution in [0, 0.1) is 11.8 Å². The Morgan fingerprint density at radius 3 is 2.80 bits per heavy atom. The smallest absolute Gasteiger partial charge is 0.163 e. The fourth-order valence-corrected chi connectivity index (χ4v) is 4.91. The fraction of sp³-hybridized carbons (Fsp3) is 0.615. The third-order valence-electron chi connectivity index (χ3n) is 6.82. The quantitative estimate of drug-likeness (QED) is 0.330. The Kier molecular flexibility index (Phi) is 8.68. The molecule has 2 heterocycles. The molecule has 164 valence electrons. The number of methoxy groups -OCH3 is 1. The molecule has 1 aromatic carbocycles. The average Bonchev–Trinajstić information content (AvgIpc) is 2.79. The summed E-state index contributed by atoms with van der Waals surface area (Å²) in [5.41, 5.74) is 1.63. The number of likely N-dealkylation sites (tertiary alicyclic amines) is 1. The Bertz CT molecular complexity index is 820. The van der Waals surface area contributed by atoms with E-state index in [0.29, 0.717) is 18.3 Å². The van der Waals surface area contributed by atoms with Gasteiger partial charge in [0.1, 0.15) is 5.75 Å². The number of fused-ring (bicyclic) bond motifs is 1. The molecule has 3 rings (SSSR count). The Balaban J connectivity index is 1.57. The monoisotopic (exact) mass is 410 g/mol. The number of aromatic nitrogens is 1. The zero-order valence-corrected chi connectivity index (χ0v) is 19.0. The molecule has 4 heteroatoms. The zero-order chi connectivity index (χ0) is 21.3. The second-order valence-electron chi connectivity index (χ2n) is 8.78. The van der Waals surface area contributed by atoms with Crippen molar-refractivity contribution < 1.29 is 9.53 Å². The number of ether oxygens (including phenoxy) is 1. The number of piperidine rings is 1. The van der Waals surface area contributed by atoms with Crippen LogP contribution < -0.4 is 4.74 Å². The molecule has 1 aliphatic heterocycles. The Labute approximate surface area is 182 Å². The number of pyridine rings is 1. The van der Waals surface area contributed by atoms with Gasteiger partial charge in [0.15, 0.2) is 5.78 Å². The van der Waals surface area contributed by atoms with E-state index in [4.69, 9.17) is 4.74 Å². The van der Waals surface area contributed by atoms with Gasteiger partial charge in [-0.2, -0.15) is 0 Å². The molecular weight excluding hydrogens is 372 g/mol. The molecule has 0 saturated carbocycles. The minimum atomic E-state index is 0.229. The minimum absolute atomic E-state index is 0.229. The summed E-state index contributed by atoms with van der Waals surface area (Å²) in [5.74, 6) is 2.37. The van der Waals surface area contributed by atoms with Crippen molar-refractivity contribution in [3.05, 3.63) is 36.0 Å². The van der Waals surface area contributed by atoms with Crippen molar-refractivity contribution in [3.63, 3.8) is 0 Å². The van der Waals surface area contributed by atoms with E-state index in [1.807, 2.05) is 24.3 Å². The number of benzene rings is 1. The lowest BCUT2D eigenvalue weighted by atomic mass is 9.80. The van der Waals surface area contributed by atoms with Gasteiger partial charge in [0.25, 0.3) is 0 Å². The van der Waals surface area contributed by atoms with Gasteiger partial charge >= 0.3 is 0 Å². The lowest BCUT2D eigenvalue weighted by Gasteiger charge is -2.38. The van der Waals surface area contributed by atoms with Crippen molar-refractivity contribution in [3.8, 4) is 5.75 Å². The zero-order valence-electron chi connectivity index (χ0n) is 19.0. The van der Waals surface area contributed by atoms with Gasteiger partial charge < -0.3 is 9.64 Å². The third kappa shape index (κ3) is 5.81. The van der Waals surface area contributed by atoms with Crippen LogP contribution in [0.2, 0.25) is 0 Å². The topological polar surface area (TPSA) is 42.4 Å². The van der Waals surface area contributed by atoms with E-state index in [2.05, 4.69) is 23.7 Å². The molecule has 1 saturated heterocycles. The van der Waals surface area contributed by atoms with E-state index >= 15 is 0 Å². The SMILES string of the molecule is CCCCCCN1CC[C@@H](CCC(=O)c2ccnc3ccc(OC)cc23)[C@@H](CC)C1. The standard InChI is InChI=1S/C26H38N2O2/c1-4-6-7-8-16-28-17-14-21(20(5-2)19-28)9-12-26(29)23-13-15-27-25-11-10-22(30-3)18-24(23)25/h10-11,13,15,18,20-21H,4-9,12,14,16-17,19H2,1-3H3/t20-,21+/m0/s1. The molecule has 2 atom stereocenters. The molecule has 2 aromatic rings. The van der Waals surface area contributed by atoms with Crippen molar-refractivity contribution in [2.24, 2.45) is 11.8 Å². The molecule has 0 radical (unpaired) electrons. The number of carbonyl (C=O) groups is 1. The molecule has 0 spiro atoms. The number of unbranched alkanes of at least 4 members (excludes halogenated alkanes) is 3. The first-order valence-electron chi connectivity index (χ1n) is 11.8. The second kappa shape index (κ2) is 11.5. The third-order valence-corrected chi connectivity index (χ3v) is 6.82. The summed E-state index contributed by atoms with van der Waals surface area (Å²) >= 11 is 0. The van der Waals surface area contributed by atoms with Crippen LogP contribution in [0.15, 0.2) is 30.5 Å². The predicted octanol–water partition coefficient (Wildman–Crippen LogP) is 6.13. The van der Waals surface area contributed by atoms with E-state index in [1.165, 1.54) is 58.2 Å². The van der Waals surface area contributed by atoms with E-state index < -0.39 is 0 Å². The van der Waals surface area contributed by atoms with Crippen LogP contribution >= 0.6 is 0 Å². The van der Waals surface area contributed by atoms with Gasteiger partial charge in [0.05, 0.1) is 12.6 Å². The molecule has 4 nitrogen and oxygen atoms in total. The maximum atomic E-state index is 13.1. The van der Waals surface area contributed by atoms with Crippen LogP contribution in [-0.4, -0.2) is 42.4 Å². The maximum Gasteiger partial charge on any atom is 0.163 e. The van der Waals surface area contributed by atoms with Gasteiger partial charge in [-0.15, -0.1) is 0 Å². The summed E-state index contributed by atoms with van der Waals surface area (Å²) < 4.78 is 5.35. The number of hydrogen-bond acceptors (Lipinski definition) is 4. The summed E-state index contributed by atoms with van der Waals surface area (Å²) in [4.78, 5) is 20.1. The van der Waals surface area contributed by atoms with E-state index in [-0.39, 0.29) is 5.78 Å². The number of rotatable bonds is 11. The summed E-state index contributed by atoms with van der Waals surface area (Å²) in [5, 5.41) is 0.899. The molecule has 1 aliphatic rings. The molecule has 0 amide bonds. The number of Topliss-reactive ketones (excluding diaryl/α,β-unsaturated/α-hetero) is 1. The van der Waals surface area contributed by atoms with Crippen LogP contribution in [0.4, 0.5) is 0 Å². The summed E-state index contributed by atoms with van der Waals surface area (Å²) in [6, 6.07) is 7.61. The van der Waals surface area contributed by atoms with E-state index in [0.717, 1.165) is 28.6 Å². The van der Waals surface area contributed by atoms with Crippen LogP contribution in [0.3, 0.4) is 0 Å². The highest BCUT2D eigenvalue weighted by Gasteiger charge is 2.28. The molecule has 0 unspecified atom stereocenters. The Morgan fingerprint density at radius 2 is 2.03 bits per heavy atom. The first-order valence-corrected chi connectivity index (χ1v) is 11.8. The van der Waals surface area contributed by atoms with Gasteiger partial charge in [0, 0.05) is 30.1 Å². The lowest BCUT2D eigenvalue weighted by Crippen LogP contribution is -2.40. The highest BCUT2D eigenvalue weighted by Crippen LogP contribution is 2.31. The summed E-state index contributed by atoms with van der Waals surface area (Å²) in [6.07, 6.45) is 11.1. The molecule has 1 aromatic heterocycles. The minimum Gasteiger partial charge on any atom is -0.497 e. The van der Waals surface area contributed by atoms with Crippen LogP contribution in [0.25, 0.3) is 10.9 Å². The second-order valence-corrected chi connectivity index (χ2v) is 8.78. The molecule has 1 fully saturated rings. The Morgan fingerprint density at radius 1 is 1.17 bits per heavy atom. The average molecular weight is 411 g/mol. The van der Waals surface area contributed by atoms with Crippen molar-refractivity contribution in [1.82, 2.24) is 9.88 Å². The summed E-state index contributed by atoms with van der Waals surface area (Å²) in [6.45, 7) is 8.22. The van der Waals surface area contributed by atoms with Gasteiger partial charge in [0.2, 0.25) is 0 Å². The molecule has 0 N–H and O–H groups in total. The van der Waals surface area contributed by atoms with Crippen molar-refractivity contribution >= 4 is 16.7 Å². The molecule has 0 bridgehead atoms. The van der Waals surface area contributed by atoms with Crippen molar-refractivity contribution in [2.45, 2.75) is 65.2 Å². The first kappa shape index (κ1) is 22.7. The normalized spacial score (nSPS) is 19.8. The summed E-state index contributed by atoms with van der Waals surface area (Å²) in [7, 11) is 1.65.